The number of morpholine rings is 1. The third-order valence-corrected chi connectivity index (χ3v) is 3.09. The van der Waals surface area contributed by atoms with Crippen molar-refractivity contribution in [3.05, 3.63) is 0 Å². The fourth-order valence-electron chi connectivity index (χ4n) is 1.96. The molecule has 1 rings (SSSR count). The lowest BCUT2D eigenvalue weighted by Crippen LogP contribution is -2.47. The molecule has 0 aromatic heterocycles. The molecule has 1 atom stereocenters. The van der Waals surface area contributed by atoms with Gasteiger partial charge in [0.15, 0.2) is 0 Å². The molecule has 1 aliphatic heterocycles. The second-order valence-electron chi connectivity index (χ2n) is 5.03. The van der Waals surface area contributed by atoms with Gasteiger partial charge in [0, 0.05) is 39.6 Å². The van der Waals surface area contributed by atoms with Crippen LogP contribution in [0.2, 0.25) is 0 Å². The Morgan fingerprint density at radius 1 is 1.32 bits per heavy atom. The molecule has 1 heterocycles. The van der Waals surface area contributed by atoms with Gasteiger partial charge in [-0.15, -0.1) is 0 Å². The predicted molar refractivity (Wildman–Crippen MR) is 72.8 cm³/mol. The van der Waals surface area contributed by atoms with Crippen LogP contribution in [0.1, 0.15) is 19.8 Å². The van der Waals surface area contributed by atoms with E-state index in [1.807, 2.05) is 6.92 Å². The molecule has 110 valence electrons. The summed E-state index contributed by atoms with van der Waals surface area (Å²) in [5.41, 5.74) is 0. The van der Waals surface area contributed by atoms with Gasteiger partial charge in [-0.2, -0.15) is 0 Å². The largest absolute Gasteiger partial charge is 0.378 e. The summed E-state index contributed by atoms with van der Waals surface area (Å²) in [5, 5.41) is 3.26. The first-order valence-electron chi connectivity index (χ1n) is 6.83. The van der Waals surface area contributed by atoms with Crippen molar-refractivity contribution in [3.8, 4) is 0 Å². The molecule has 6 heteroatoms. The van der Waals surface area contributed by atoms with Gasteiger partial charge in [0.1, 0.15) is 0 Å². The van der Waals surface area contributed by atoms with Gasteiger partial charge >= 0.3 is 0 Å². The number of ether oxygens (including phenoxy) is 1. The highest BCUT2D eigenvalue weighted by molar-refractivity contribution is 5.84. The summed E-state index contributed by atoms with van der Waals surface area (Å²) in [7, 11) is 3.40. The summed E-state index contributed by atoms with van der Waals surface area (Å²) >= 11 is 0. The molecule has 0 saturated carbocycles. The number of hydrogen-bond acceptors (Lipinski definition) is 4. The van der Waals surface area contributed by atoms with Gasteiger partial charge in [-0.3, -0.25) is 9.59 Å². The Labute approximate surface area is 115 Å². The zero-order valence-corrected chi connectivity index (χ0v) is 12.1. The van der Waals surface area contributed by atoms with Crippen molar-refractivity contribution in [1.82, 2.24) is 15.1 Å². The normalized spacial score (nSPS) is 19.0. The molecule has 6 nitrogen and oxygen atoms in total. The molecule has 19 heavy (non-hydrogen) atoms. The quantitative estimate of drug-likeness (QED) is 0.720. The topological polar surface area (TPSA) is 61.9 Å². The Bertz CT molecular complexity index is 302. The van der Waals surface area contributed by atoms with Crippen molar-refractivity contribution in [2.24, 2.45) is 0 Å². The van der Waals surface area contributed by atoms with Crippen molar-refractivity contribution in [2.45, 2.75) is 25.8 Å². The molecular formula is C13H25N3O3. The molecular weight excluding hydrogens is 246 g/mol. The van der Waals surface area contributed by atoms with Gasteiger partial charge in [-0.05, 0) is 6.42 Å². The lowest BCUT2D eigenvalue weighted by atomic mass is 10.1. The van der Waals surface area contributed by atoms with Crippen molar-refractivity contribution in [2.75, 3.05) is 46.9 Å². The highest BCUT2D eigenvalue weighted by atomic mass is 16.5. The van der Waals surface area contributed by atoms with Gasteiger partial charge in [0.25, 0.3) is 0 Å². The molecule has 0 aromatic carbocycles. The van der Waals surface area contributed by atoms with E-state index in [1.54, 1.807) is 19.0 Å². The van der Waals surface area contributed by atoms with Crippen LogP contribution in [-0.4, -0.2) is 74.6 Å². The van der Waals surface area contributed by atoms with E-state index in [0.29, 0.717) is 26.2 Å². The van der Waals surface area contributed by atoms with E-state index >= 15 is 0 Å². The van der Waals surface area contributed by atoms with Gasteiger partial charge < -0.3 is 19.9 Å². The maximum Gasteiger partial charge on any atom is 0.241 e. The smallest absolute Gasteiger partial charge is 0.241 e. The molecule has 1 N–H and O–H groups in total. The minimum absolute atomic E-state index is 0.0139. The third kappa shape index (κ3) is 5.57. The summed E-state index contributed by atoms with van der Waals surface area (Å²) in [6, 6.07) is 0.0649. The standard InChI is InChI=1S/C13H25N3O3/c1-4-6-16(9-13(18)15(2)3)12(17)8-11-10-19-7-5-14-11/h11,14H,4-10H2,1-3H3. The van der Waals surface area contributed by atoms with E-state index in [4.69, 9.17) is 4.74 Å². The lowest BCUT2D eigenvalue weighted by Gasteiger charge is -2.28. The third-order valence-electron chi connectivity index (χ3n) is 3.09. The SMILES string of the molecule is CCCN(CC(=O)N(C)C)C(=O)CC1COCCN1. The summed E-state index contributed by atoms with van der Waals surface area (Å²) in [6.07, 6.45) is 1.24. The van der Waals surface area contributed by atoms with Crippen LogP contribution in [0, 0.1) is 0 Å². The zero-order chi connectivity index (χ0) is 14.3. The Balaban J connectivity index is 2.49. The van der Waals surface area contributed by atoms with Crippen molar-refractivity contribution in [1.29, 1.82) is 0 Å². The molecule has 0 spiro atoms. The maximum atomic E-state index is 12.2. The van der Waals surface area contributed by atoms with E-state index in [1.165, 1.54) is 4.90 Å². The first-order chi connectivity index (χ1) is 9.04. The Morgan fingerprint density at radius 2 is 2.05 bits per heavy atom. The van der Waals surface area contributed by atoms with Crippen LogP contribution in [0.15, 0.2) is 0 Å². The fourth-order valence-corrected chi connectivity index (χ4v) is 1.96. The highest BCUT2D eigenvalue weighted by Gasteiger charge is 2.22. The first kappa shape index (κ1) is 15.9. The van der Waals surface area contributed by atoms with Crippen LogP contribution in [-0.2, 0) is 14.3 Å². The number of carbonyl (C=O) groups excluding carboxylic acids is 2. The molecule has 0 aromatic rings. The Kier molecular flexibility index (Phi) is 6.80. The zero-order valence-electron chi connectivity index (χ0n) is 12.1. The van der Waals surface area contributed by atoms with E-state index in [0.717, 1.165) is 13.0 Å². The minimum atomic E-state index is -0.0466. The summed E-state index contributed by atoms with van der Waals surface area (Å²) in [5.74, 6) is -0.0327. The number of hydrogen-bond donors (Lipinski definition) is 1. The maximum absolute atomic E-state index is 12.2. The summed E-state index contributed by atoms with van der Waals surface area (Å²) < 4.78 is 5.33. The highest BCUT2D eigenvalue weighted by Crippen LogP contribution is 2.04. The molecule has 0 radical (unpaired) electrons. The number of likely N-dealkylation sites (N-methyl/N-ethyl adjacent to an activating group) is 1. The average molecular weight is 271 g/mol. The van der Waals surface area contributed by atoms with Crippen LogP contribution in [0.3, 0.4) is 0 Å². The fraction of sp³-hybridized carbons (Fsp3) is 0.846. The molecule has 1 unspecified atom stereocenters. The molecule has 0 aliphatic carbocycles. The van der Waals surface area contributed by atoms with Crippen LogP contribution >= 0.6 is 0 Å². The van der Waals surface area contributed by atoms with E-state index < -0.39 is 0 Å². The minimum Gasteiger partial charge on any atom is -0.378 e. The Morgan fingerprint density at radius 3 is 2.58 bits per heavy atom. The first-order valence-corrected chi connectivity index (χ1v) is 6.83. The average Bonchev–Trinajstić information content (AvgIpc) is 2.39. The van der Waals surface area contributed by atoms with Crippen LogP contribution in [0.25, 0.3) is 0 Å². The summed E-state index contributed by atoms with van der Waals surface area (Å²) in [4.78, 5) is 27.1. The van der Waals surface area contributed by atoms with Gasteiger partial charge in [0.05, 0.1) is 19.8 Å². The van der Waals surface area contributed by atoms with Crippen molar-refractivity contribution >= 4 is 11.8 Å². The molecule has 1 saturated heterocycles. The second-order valence-corrected chi connectivity index (χ2v) is 5.03. The predicted octanol–water partition coefficient (Wildman–Crippen LogP) is -0.308. The molecule has 0 bridgehead atoms. The van der Waals surface area contributed by atoms with E-state index in [2.05, 4.69) is 5.32 Å². The number of rotatable bonds is 6. The van der Waals surface area contributed by atoms with Crippen LogP contribution in [0.4, 0.5) is 0 Å². The van der Waals surface area contributed by atoms with E-state index in [-0.39, 0.29) is 24.4 Å². The van der Waals surface area contributed by atoms with E-state index in [9.17, 15) is 9.59 Å². The number of nitrogens with zero attached hydrogens (tertiary/aromatic N) is 2. The molecule has 2 amide bonds. The Hall–Kier alpha value is -1.14. The van der Waals surface area contributed by atoms with Gasteiger partial charge in [-0.25, -0.2) is 0 Å². The number of carbonyl (C=O) groups is 2. The van der Waals surface area contributed by atoms with Crippen molar-refractivity contribution in [3.63, 3.8) is 0 Å². The van der Waals surface area contributed by atoms with Crippen LogP contribution in [0.5, 0.6) is 0 Å². The number of nitrogens with one attached hydrogen (secondary N) is 1. The summed E-state index contributed by atoms with van der Waals surface area (Å²) in [6.45, 7) is 4.82. The monoisotopic (exact) mass is 271 g/mol. The second kappa shape index (κ2) is 8.12. The molecule has 1 aliphatic rings. The lowest BCUT2D eigenvalue weighted by molar-refractivity contribution is -0.140. The number of amides is 2. The molecule has 1 fully saturated rings. The van der Waals surface area contributed by atoms with Crippen molar-refractivity contribution < 1.29 is 14.3 Å². The van der Waals surface area contributed by atoms with Crippen LogP contribution < -0.4 is 5.32 Å². The van der Waals surface area contributed by atoms with Gasteiger partial charge in [0.2, 0.25) is 11.8 Å². The van der Waals surface area contributed by atoms with Gasteiger partial charge in [-0.1, -0.05) is 6.92 Å².